The molecule has 0 fully saturated rings. The van der Waals surface area contributed by atoms with Crippen molar-refractivity contribution in [2.75, 3.05) is 0 Å². The van der Waals surface area contributed by atoms with Gasteiger partial charge in [0, 0.05) is 32.6 Å². The van der Waals surface area contributed by atoms with Gasteiger partial charge in [0.15, 0.2) is 0 Å². The van der Waals surface area contributed by atoms with Crippen LogP contribution in [0, 0.1) is 6.92 Å². The highest BCUT2D eigenvalue weighted by Crippen LogP contribution is 2.29. The number of rotatable bonds is 2. The van der Waals surface area contributed by atoms with Crippen molar-refractivity contribution in [3.63, 3.8) is 0 Å². The Balaban J connectivity index is 2.15. The number of nitrogens with zero attached hydrogens (tertiary/aromatic N) is 2. The Labute approximate surface area is 134 Å². The molecule has 0 aliphatic carbocycles. The van der Waals surface area contributed by atoms with E-state index < -0.39 is 0 Å². The first-order valence-electron chi connectivity index (χ1n) is 6.21. The molecule has 0 spiro atoms. The zero-order valence-electron chi connectivity index (χ0n) is 10.8. The molecule has 1 heterocycles. The monoisotopic (exact) mass is 390 g/mol. The lowest BCUT2D eigenvalue weighted by Crippen LogP contribution is -1.97. The molecule has 2 aromatic carbocycles. The fourth-order valence-electron chi connectivity index (χ4n) is 2.09. The van der Waals surface area contributed by atoms with Crippen LogP contribution in [0.1, 0.15) is 5.56 Å². The number of imidazole rings is 1. The molecule has 0 saturated heterocycles. The SMILES string of the molecule is Cc1ccc(-n2ccnc2-c2ccccc2Br)cc1Br. The van der Waals surface area contributed by atoms with Crippen LogP contribution in [-0.4, -0.2) is 9.55 Å². The van der Waals surface area contributed by atoms with Crippen LogP contribution in [0.25, 0.3) is 17.1 Å². The minimum Gasteiger partial charge on any atom is -0.300 e. The smallest absolute Gasteiger partial charge is 0.145 e. The molecule has 0 aliphatic rings. The number of aromatic nitrogens is 2. The van der Waals surface area contributed by atoms with Gasteiger partial charge in [-0.1, -0.05) is 56.1 Å². The maximum atomic E-state index is 4.49. The van der Waals surface area contributed by atoms with E-state index in [1.807, 2.05) is 30.6 Å². The van der Waals surface area contributed by atoms with Crippen LogP contribution in [0.3, 0.4) is 0 Å². The minimum atomic E-state index is 0.924. The van der Waals surface area contributed by atoms with Gasteiger partial charge in [-0.25, -0.2) is 4.98 Å². The predicted octanol–water partition coefficient (Wildman–Crippen LogP) is 5.37. The molecule has 1 aromatic heterocycles. The highest BCUT2D eigenvalue weighted by Gasteiger charge is 2.10. The Bertz CT molecular complexity index is 763. The van der Waals surface area contributed by atoms with E-state index in [1.54, 1.807) is 0 Å². The van der Waals surface area contributed by atoms with Crippen LogP contribution in [-0.2, 0) is 0 Å². The molecule has 0 N–H and O–H groups in total. The topological polar surface area (TPSA) is 17.8 Å². The third-order valence-corrected chi connectivity index (χ3v) is 4.73. The predicted molar refractivity (Wildman–Crippen MR) is 89.1 cm³/mol. The lowest BCUT2D eigenvalue weighted by atomic mass is 10.2. The highest BCUT2D eigenvalue weighted by molar-refractivity contribution is 9.10. The number of aryl methyl sites for hydroxylation is 1. The Kier molecular flexibility index (Phi) is 3.76. The summed E-state index contributed by atoms with van der Waals surface area (Å²) in [5.41, 5.74) is 3.39. The van der Waals surface area contributed by atoms with Gasteiger partial charge < -0.3 is 0 Å². The summed E-state index contributed by atoms with van der Waals surface area (Å²) in [7, 11) is 0. The summed E-state index contributed by atoms with van der Waals surface area (Å²) in [6.45, 7) is 2.08. The van der Waals surface area contributed by atoms with E-state index in [0.29, 0.717) is 0 Å². The average molecular weight is 392 g/mol. The number of hydrogen-bond donors (Lipinski definition) is 0. The normalized spacial score (nSPS) is 10.8. The summed E-state index contributed by atoms with van der Waals surface area (Å²) in [6, 6.07) is 14.4. The summed E-state index contributed by atoms with van der Waals surface area (Å²) in [5.74, 6) is 0.924. The van der Waals surface area contributed by atoms with E-state index in [-0.39, 0.29) is 0 Å². The minimum absolute atomic E-state index is 0.924. The van der Waals surface area contributed by atoms with E-state index in [2.05, 4.69) is 72.6 Å². The van der Waals surface area contributed by atoms with Crippen LogP contribution in [0.5, 0.6) is 0 Å². The van der Waals surface area contributed by atoms with Gasteiger partial charge in [0.05, 0.1) is 0 Å². The summed E-state index contributed by atoms with van der Waals surface area (Å²) in [5, 5.41) is 0. The van der Waals surface area contributed by atoms with Crippen LogP contribution in [0.4, 0.5) is 0 Å². The first-order valence-corrected chi connectivity index (χ1v) is 7.80. The van der Waals surface area contributed by atoms with Crippen LogP contribution in [0.15, 0.2) is 63.8 Å². The highest BCUT2D eigenvalue weighted by atomic mass is 79.9. The maximum Gasteiger partial charge on any atom is 0.145 e. The molecule has 0 radical (unpaired) electrons. The van der Waals surface area contributed by atoms with Crippen molar-refractivity contribution in [3.8, 4) is 17.1 Å². The lowest BCUT2D eigenvalue weighted by molar-refractivity contribution is 1.06. The molecule has 0 atom stereocenters. The second kappa shape index (κ2) is 5.54. The van der Waals surface area contributed by atoms with Gasteiger partial charge in [0.2, 0.25) is 0 Å². The molecule has 0 amide bonds. The van der Waals surface area contributed by atoms with Crippen molar-refractivity contribution in [2.24, 2.45) is 0 Å². The first kappa shape index (κ1) is 13.6. The third kappa shape index (κ3) is 2.45. The van der Waals surface area contributed by atoms with Crippen LogP contribution in [0.2, 0.25) is 0 Å². The third-order valence-electron chi connectivity index (χ3n) is 3.19. The van der Waals surface area contributed by atoms with Crippen molar-refractivity contribution in [1.29, 1.82) is 0 Å². The molecule has 2 nitrogen and oxygen atoms in total. The van der Waals surface area contributed by atoms with Gasteiger partial charge in [-0.15, -0.1) is 0 Å². The van der Waals surface area contributed by atoms with Crippen LogP contribution >= 0.6 is 31.9 Å². The fraction of sp³-hybridized carbons (Fsp3) is 0.0625. The molecule has 4 heteroatoms. The van der Waals surface area contributed by atoms with Gasteiger partial charge >= 0.3 is 0 Å². The molecule has 3 rings (SSSR count). The van der Waals surface area contributed by atoms with E-state index in [1.165, 1.54) is 5.56 Å². The second-order valence-electron chi connectivity index (χ2n) is 4.53. The number of halogens is 2. The standard InChI is InChI=1S/C16H12Br2N2/c1-11-6-7-12(10-15(11)18)20-9-8-19-16(20)13-4-2-3-5-14(13)17/h2-10H,1H3. The molecule has 3 aromatic rings. The number of hydrogen-bond acceptors (Lipinski definition) is 1. The Hall–Kier alpha value is -1.39. The maximum absolute atomic E-state index is 4.49. The van der Waals surface area contributed by atoms with Gasteiger partial charge in [-0.2, -0.15) is 0 Å². The quantitative estimate of drug-likeness (QED) is 0.573. The van der Waals surface area contributed by atoms with Crippen molar-refractivity contribution in [3.05, 3.63) is 69.4 Å². The average Bonchev–Trinajstić information content (AvgIpc) is 2.91. The zero-order chi connectivity index (χ0) is 14.1. The van der Waals surface area contributed by atoms with Gasteiger partial charge in [-0.05, 0) is 30.7 Å². The summed E-state index contributed by atoms with van der Waals surface area (Å²) < 4.78 is 4.23. The van der Waals surface area contributed by atoms with E-state index in [4.69, 9.17) is 0 Å². The van der Waals surface area contributed by atoms with Gasteiger partial charge in [0.25, 0.3) is 0 Å². The summed E-state index contributed by atoms with van der Waals surface area (Å²) in [4.78, 5) is 4.49. The first-order chi connectivity index (χ1) is 9.66. The molecule has 0 unspecified atom stereocenters. The van der Waals surface area contributed by atoms with Crippen molar-refractivity contribution < 1.29 is 0 Å². The molecule has 0 aliphatic heterocycles. The molecular weight excluding hydrogens is 380 g/mol. The fourth-order valence-corrected chi connectivity index (χ4v) is 2.91. The van der Waals surface area contributed by atoms with Gasteiger partial charge in [0.1, 0.15) is 5.82 Å². The molecular formula is C16H12Br2N2. The molecule has 0 saturated carbocycles. The Morgan fingerprint density at radius 3 is 2.55 bits per heavy atom. The van der Waals surface area contributed by atoms with Crippen LogP contribution < -0.4 is 0 Å². The Morgan fingerprint density at radius 1 is 1.00 bits per heavy atom. The molecule has 20 heavy (non-hydrogen) atoms. The summed E-state index contributed by atoms with van der Waals surface area (Å²) in [6.07, 6.45) is 3.80. The second-order valence-corrected chi connectivity index (χ2v) is 6.24. The molecule has 100 valence electrons. The van der Waals surface area contributed by atoms with Crippen molar-refractivity contribution >= 4 is 31.9 Å². The van der Waals surface area contributed by atoms with E-state index in [9.17, 15) is 0 Å². The van der Waals surface area contributed by atoms with Crippen molar-refractivity contribution in [2.45, 2.75) is 6.92 Å². The lowest BCUT2D eigenvalue weighted by Gasteiger charge is -2.10. The van der Waals surface area contributed by atoms with Gasteiger partial charge in [-0.3, -0.25) is 4.57 Å². The van der Waals surface area contributed by atoms with E-state index >= 15 is 0 Å². The van der Waals surface area contributed by atoms with Crippen molar-refractivity contribution in [1.82, 2.24) is 9.55 Å². The van der Waals surface area contributed by atoms with E-state index in [0.717, 1.165) is 26.0 Å². The molecule has 0 bridgehead atoms. The number of benzene rings is 2. The Morgan fingerprint density at radius 2 is 1.80 bits per heavy atom. The summed E-state index contributed by atoms with van der Waals surface area (Å²) >= 11 is 7.17. The zero-order valence-corrected chi connectivity index (χ0v) is 14.0. The largest absolute Gasteiger partial charge is 0.300 e.